The summed E-state index contributed by atoms with van der Waals surface area (Å²) in [4.78, 5) is 24.2. The van der Waals surface area contributed by atoms with Crippen molar-refractivity contribution >= 4 is 17.1 Å². The Labute approximate surface area is 185 Å². The molecule has 8 heteroatoms. The first-order valence-electron chi connectivity index (χ1n) is 11.2. The number of pyridine rings is 1. The molecule has 0 atom stereocenters. The van der Waals surface area contributed by atoms with E-state index in [1.54, 1.807) is 11.1 Å². The molecule has 1 fully saturated rings. The zero-order chi connectivity index (χ0) is 22.7. The van der Waals surface area contributed by atoms with Crippen LogP contribution in [0.3, 0.4) is 0 Å². The summed E-state index contributed by atoms with van der Waals surface area (Å²) in [5.41, 5.74) is 0.798. The Morgan fingerprint density at radius 2 is 1.97 bits per heavy atom. The van der Waals surface area contributed by atoms with Crippen molar-refractivity contribution < 1.29 is 18.0 Å². The van der Waals surface area contributed by atoms with Crippen LogP contribution in [0.4, 0.5) is 13.2 Å². The summed E-state index contributed by atoms with van der Waals surface area (Å²) < 4.78 is 41.7. The number of hydrogen-bond acceptors (Lipinski definition) is 3. The Morgan fingerprint density at radius 1 is 1.19 bits per heavy atom. The van der Waals surface area contributed by atoms with Crippen molar-refractivity contribution in [3.63, 3.8) is 0 Å². The molecule has 3 aromatic rings. The minimum absolute atomic E-state index is 0.0394. The van der Waals surface area contributed by atoms with Gasteiger partial charge in [-0.2, -0.15) is 13.2 Å². The lowest BCUT2D eigenvalue weighted by molar-refractivity contribution is -0.137. The fourth-order valence-corrected chi connectivity index (χ4v) is 4.42. The average Bonchev–Trinajstić information content (AvgIpc) is 3.42. The van der Waals surface area contributed by atoms with E-state index in [0.29, 0.717) is 6.54 Å². The van der Waals surface area contributed by atoms with Crippen LogP contribution in [0.5, 0.6) is 0 Å². The van der Waals surface area contributed by atoms with Gasteiger partial charge in [0.05, 0.1) is 12.1 Å². The van der Waals surface area contributed by atoms with Gasteiger partial charge in [0.25, 0.3) is 5.91 Å². The molecule has 170 valence electrons. The zero-order valence-corrected chi connectivity index (χ0v) is 18.1. The van der Waals surface area contributed by atoms with Gasteiger partial charge in [-0.15, -0.1) is 0 Å². The fraction of sp³-hybridized carbons (Fsp3) is 0.458. The SMILES string of the molecule is CCCCN(Cc1nc2cccnc2n1C1CCCC1)C(=O)c1cccc(C(F)(F)F)c1. The molecule has 0 unspecified atom stereocenters. The number of nitrogens with zero attached hydrogens (tertiary/aromatic N) is 4. The second-order valence-corrected chi connectivity index (χ2v) is 8.34. The van der Waals surface area contributed by atoms with Crippen molar-refractivity contribution in [2.45, 2.75) is 64.2 Å². The monoisotopic (exact) mass is 444 g/mol. The highest BCUT2D eigenvalue weighted by Crippen LogP contribution is 2.34. The second-order valence-electron chi connectivity index (χ2n) is 8.34. The third kappa shape index (κ3) is 4.64. The first-order valence-corrected chi connectivity index (χ1v) is 11.2. The van der Waals surface area contributed by atoms with Gasteiger partial charge in [0.15, 0.2) is 5.65 Å². The van der Waals surface area contributed by atoms with Crippen LogP contribution in [0.25, 0.3) is 11.2 Å². The summed E-state index contributed by atoms with van der Waals surface area (Å²) in [6.45, 7) is 2.71. The predicted octanol–water partition coefficient (Wildman–Crippen LogP) is 6.01. The largest absolute Gasteiger partial charge is 0.416 e. The van der Waals surface area contributed by atoms with Gasteiger partial charge in [0.1, 0.15) is 11.3 Å². The van der Waals surface area contributed by atoms with Gasteiger partial charge >= 0.3 is 6.18 Å². The number of fused-ring (bicyclic) bond motifs is 1. The smallest absolute Gasteiger partial charge is 0.331 e. The lowest BCUT2D eigenvalue weighted by atomic mass is 10.1. The molecule has 2 heterocycles. The highest BCUT2D eigenvalue weighted by atomic mass is 19.4. The molecule has 32 heavy (non-hydrogen) atoms. The van der Waals surface area contributed by atoms with Gasteiger partial charge in [-0.1, -0.05) is 32.3 Å². The van der Waals surface area contributed by atoms with Crippen LogP contribution in [-0.4, -0.2) is 31.9 Å². The van der Waals surface area contributed by atoms with Crippen LogP contribution in [-0.2, 0) is 12.7 Å². The van der Waals surface area contributed by atoms with Gasteiger partial charge in [-0.05, 0) is 49.6 Å². The molecule has 1 saturated carbocycles. The molecule has 1 aliphatic rings. The quantitative estimate of drug-likeness (QED) is 0.449. The number of benzene rings is 1. The number of amides is 1. The number of aromatic nitrogens is 3. The summed E-state index contributed by atoms with van der Waals surface area (Å²) in [7, 11) is 0. The van der Waals surface area contributed by atoms with E-state index in [-0.39, 0.29) is 18.2 Å². The summed E-state index contributed by atoms with van der Waals surface area (Å²) in [5.74, 6) is 0.324. The molecular weight excluding hydrogens is 417 g/mol. The minimum atomic E-state index is -4.49. The maximum Gasteiger partial charge on any atom is 0.416 e. The Morgan fingerprint density at radius 3 is 2.69 bits per heavy atom. The van der Waals surface area contributed by atoms with Gasteiger partial charge in [0.2, 0.25) is 0 Å². The predicted molar refractivity (Wildman–Crippen MR) is 116 cm³/mol. The summed E-state index contributed by atoms with van der Waals surface area (Å²) in [5, 5.41) is 0. The summed E-state index contributed by atoms with van der Waals surface area (Å²) >= 11 is 0. The van der Waals surface area contributed by atoms with E-state index in [4.69, 9.17) is 4.98 Å². The number of imidazole rings is 1. The normalized spacial score (nSPS) is 14.9. The molecule has 0 N–H and O–H groups in total. The van der Waals surface area contributed by atoms with E-state index in [9.17, 15) is 18.0 Å². The van der Waals surface area contributed by atoms with Crippen molar-refractivity contribution in [1.29, 1.82) is 0 Å². The Balaban J connectivity index is 1.69. The van der Waals surface area contributed by atoms with E-state index in [1.165, 1.54) is 12.1 Å². The number of rotatable bonds is 7. The first-order chi connectivity index (χ1) is 15.4. The highest BCUT2D eigenvalue weighted by molar-refractivity contribution is 5.94. The van der Waals surface area contributed by atoms with Crippen molar-refractivity contribution in [3.8, 4) is 0 Å². The lowest BCUT2D eigenvalue weighted by Crippen LogP contribution is -2.33. The van der Waals surface area contributed by atoms with E-state index in [2.05, 4.69) is 9.55 Å². The summed E-state index contributed by atoms with van der Waals surface area (Å²) in [6, 6.07) is 8.66. The third-order valence-corrected chi connectivity index (χ3v) is 6.05. The average molecular weight is 445 g/mol. The van der Waals surface area contributed by atoms with Crippen molar-refractivity contribution in [1.82, 2.24) is 19.4 Å². The molecule has 4 rings (SSSR count). The maximum absolute atomic E-state index is 13.3. The number of halogens is 3. The van der Waals surface area contributed by atoms with Gasteiger partial charge < -0.3 is 9.47 Å². The zero-order valence-electron chi connectivity index (χ0n) is 18.1. The third-order valence-electron chi connectivity index (χ3n) is 6.05. The number of alkyl halides is 3. The van der Waals surface area contributed by atoms with Crippen LogP contribution < -0.4 is 0 Å². The number of unbranched alkanes of at least 4 members (excludes halogenated alkanes) is 1. The molecule has 1 amide bonds. The van der Waals surface area contributed by atoms with Crippen LogP contribution >= 0.6 is 0 Å². The van der Waals surface area contributed by atoms with Gasteiger partial charge in [-0.3, -0.25) is 4.79 Å². The van der Waals surface area contributed by atoms with Crippen LogP contribution in [0.2, 0.25) is 0 Å². The van der Waals surface area contributed by atoms with Crippen molar-refractivity contribution in [3.05, 3.63) is 59.5 Å². The van der Waals surface area contributed by atoms with Crippen LogP contribution in [0.1, 0.15) is 73.2 Å². The second kappa shape index (κ2) is 9.30. The maximum atomic E-state index is 13.3. The number of carbonyl (C=O) groups excluding carboxylic acids is 1. The summed E-state index contributed by atoms with van der Waals surface area (Å²) in [6.07, 6.45) is 3.21. The number of carbonyl (C=O) groups is 1. The van der Waals surface area contributed by atoms with E-state index in [0.717, 1.165) is 67.6 Å². The molecule has 1 aliphatic carbocycles. The number of hydrogen-bond donors (Lipinski definition) is 0. The molecule has 0 bridgehead atoms. The first kappa shape index (κ1) is 22.3. The topological polar surface area (TPSA) is 51.0 Å². The molecule has 0 aliphatic heterocycles. The van der Waals surface area contributed by atoms with Crippen molar-refractivity contribution in [2.24, 2.45) is 0 Å². The van der Waals surface area contributed by atoms with E-state index in [1.807, 2.05) is 19.1 Å². The van der Waals surface area contributed by atoms with Gasteiger partial charge in [0, 0.05) is 24.3 Å². The lowest BCUT2D eigenvalue weighted by Gasteiger charge is -2.24. The fourth-order valence-electron chi connectivity index (χ4n) is 4.42. The van der Waals surface area contributed by atoms with E-state index < -0.39 is 17.6 Å². The molecule has 1 aromatic carbocycles. The van der Waals surface area contributed by atoms with Crippen LogP contribution in [0, 0.1) is 0 Å². The minimum Gasteiger partial charge on any atom is -0.331 e. The molecule has 2 aromatic heterocycles. The van der Waals surface area contributed by atoms with Crippen LogP contribution in [0.15, 0.2) is 42.6 Å². The standard InChI is InChI=1S/C24H27F3N4O/c1-2-3-14-30(23(32)17-8-6-9-18(15-17)24(25,26)27)16-21-29-20-12-7-13-28-22(20)31(21)19-10-4-5-11-19/h6-9,12-13,15,19H,2-5,10-11,14,16H2,1H3. The van der Waals surface area contributed by atoms with Crippen molar-refractivity contribution in [2.75, 3.05) is 6.54 Å². The van der Waals surface area contributed by atoms with E-state index >= 15 is 0 Å². The Bertz CT molecular complexity index is 1090. The Hall–Kier alpha value is -2.90. The van der Waals surface area contributed by atoms with Gasteiger partial charge in [-0.25, -0.2) is 9.97 Å². The highest BCUT2D eigenvalue weighted by Gasteiger charge is 2.32. The molecular formula is C24H27F3N4O. The molecule has 0 saturated heterocycles. The Kier molecular flexibility index (Phi) is 6.48. The molecule has 5 nitrogen and oxygen atoms in total. The molecule has 0 radical (unpaired) electrons. The molecule has 0 spiro atoms.